The first-order chi connectivity index (χ1) is 12.2. The molecule has 138 valence electrons. The van der Waals surface area contributed by atoms with Crippen molar-refractivity contribution in [2.75, 3.05) is 18.4 Å². The summed E-state index contributed by atoms with van der Waals surface area (Å²) in [7, 11) is 1.84. The van der Waals surface area contributed by atoms with E-state index in [1.165, 1.54) is 6.07 Å². The Hall–Kier alpha value is -2.97. The molecule has 1 aromatic carbocycles. The molecule has 3 rings (SSSR count). The fourth-order valence-corrected chi connectivity index (χ4v) is 3.38. The molecule has 0 aliphatic carbocycles. The minimum Gasteiger partial charge on any atom is -0.323 e. The predicted octanol–water partition coefficient (Wildman–Crippen LogP) is 3.12. The number of benzene rings is 1. The molecular formula is C17H20FN5O3. The number of carbonyl (C=O) groups is 1. The summed E-state index contributed by atoms with van der Waals surface area (Å²) in [4.78, 5) is 24.2. The van der Waals surface area contributed by atoms with E-state index in [0.717, 1.165) is 17.7 Å². The van der Waals surface area contributed by atoms with Crippen LogP contribution in [0, 0.1) is 21.3 Å². The number of nitrogens with zero attached hydrogens (tertiary/aromatic N) is 4. The van der Waals surface area contributed by atoms with Crippen molar-refractivity contribution in [1.29, 1.82) is 0 Å². The van der Waals surface area contributed by atoms with E-state index in [9.17, 15) is 19.3 Å². The van der Waals surface area contributed by atoms with Crippen molar-refractivity contribution in [3.8, 4) is 0 Å². The van der Waals surface area contributed by atoms with Crippen molar-refractivity contribution in [3.63, 3.8) is 0 Å². The lowest BCUT2D eigenvalue weighted by molar-refractivity contribution is -0.385. The Morgan fingerprint density at radius 3 is 2.77 bits per heavy atom. The summed E-state index contributed by atoms with van der Waals surface area (Å²) in [5.74, 6) is -0.724. The van der Waals surface area contributed by atoms with E-state index in [0.29, 0.717) is 13.1 Å². The number of hydrogen-bond acceptors (Lipinski definition) is 4. The van der Waals surface area contributed by atoms with Gasteiger partial charge < -0.3 is 10.2 Å². The zero-order chi connectivity index (χ0) is 19.1. The Labute approximate surface area is 149 Å². The number of nitro groups is 1. The molecule has 1 N–H and O–H groups in total. The van der Waals surface area contributed by atoms with Crippen molar-refractivity contribution in [2.24, 2.45) is 12.5 Å². The van der Waals surface area contributed by atoms with Crippen molar-refractivity contribution in [2.45, 2.75) is 19.8 Å². The van der Waals surface area contributed by atoms with Gasteiger partial charge in [-0.05, 0) is 17.0 Å². The highest BCUT2D eigenvalue weighted by Gasteiger charge is 2.42. The van der Waals surface area contributed by atoms with Crippen LogP contribution >= 0.6 is 0 Å². The fourth-order valence-electron chi connectivity index (χ4n) is 3.38. The second-order valence-electron chi connectivity index (χ2n) is 7.22. The van der Waals surface area contributed by atoms with Crippen LogP contribution in [0.2, 0.25) is 0 Å². The minimum absolute atomic E-state index is 0.0803. The highest BCUT2D eigenvalue weighted by Crippen LogP contribution is 2.42. The lowest BCUT2D eigenvalue weighted by Crippen LogP contribution is -2.34. The largest absolute Gasteiger partial charge is 0.323 e. The second kappa shape index (κ2) is 6.40. The number of anilines is 1. The molecule has 1 aromatic heterocycles. The second-order valence-corrected chi connectivity index (χ2v) is 7.22. The first-order valence-electron chi connectivity index (χ1n) is 8.16. The Bertz CT molecular complexity index is 864. The van der Waals surface area contributed by atoms with E-state index in [-0.39, 0.29) is 22.7 Å². The molecule has 1 aliphatic rings. The average Bonchev–Trinajstić information content (AvgIpc) is 3.11. The normalized spacial score (nSPS) is 18.8. The standard InChI is InChI=1S/C17H20FN5O3/c1-17(2)10-22(9-13(17)11-7-19-21(3)8-11)16(24)20-15-5-4-12(23(25)26)6-14(15)18/h4-8,13H,9-10H2,1-3H3,(H,20,24). The zero-order valence-electron chi connectivity index (χ0n) is 14.8. The molecule has 1 saturated heterocycles. The fraction of sp³-hybridized carbons (Fsp3) is 0.412. The molecule has 1 unspecified atom stereocenters. The monoisotopic (exact) mass is 361 g/mol. The summed E-state index contributed by atoms with van der Waals surface area (Å²) in [5.41, 5.74) is 0.450. The summed E-state index contributed by atoms with van der Waals surface area (Å²) in [6.07, 6.45) is 3.73. The Kier molecular flexibility index (Phi) is 4.39. The van der Waals surface area contributed by atoms with E-state index in [2.05, 4.69) is 24.3 Å². The van der Waals surface area contributed by atoms with Gasteiger partial charge in [0.05, 0.1) is 22.9 Å². The van der Waals surface area contributed by atoms with Crippen LogP contribution in [0.5, 0.6) is 0 Å². The number of rotatable bonds is 3. The molecule has 0 radical (unpaired) electrons. The molecule has 1 fully saturated rings. The van der Waals surface area contributed by atoms with E-state index >= 15 is 0 Å². The zero-order valence-corrected chi connectivity index (χ0v) is 14.8. The number of halogens is 1. The molecule has 2 heterocycles. The maximum Gasteiger partial charge on any atom is 0.321 e. The van der Waals surface area contributed by atoms with Crippen LogP contribution < -0.4 is 5.32 Å². The number of aromatic nitrogens is 2. The number of nitro benzene ring substituents is 1. The van der Waals surface area contributed by atoms with Gasteiger partial charge in [0, 0.05) is 38.3 Å². The highest BCUT2D eigenvalue weighted by atomic mass is 19.1. The molecule has 1 aliphatic heterocycles. The van der Waals surface area contributed by atoms with Crippen molar-refractivity contribution >= 4 is 17.4 Å². The van der Waals surface area contributed by atoms with Gasteiger partial charge in [-0.15, -0.1) is 0 Å². The number of urea groups is 1. The number of aryl methyl sites for hydroxylation is 1. The molecule has 0 saturated carbocycles. The lowest BCUT2D eigenvalue weighted by atomic mass is 9.79. The van der Waals surface area contributed by atoms with Gasteiger partial charge in [-0.2, -0.15) is 5.10 Å². The lowest BCUT2D eigenvalue weighted by Gasteiger charge is -2.24. The SMILES string of the molecule is Cn1cc(C2CN(C(=O)Nc3ccc([N+](=O)[O-])cc3F)CC2(C)C)cn1. The van der Waals surface area contributed by atoms with Crippen LogP contribution in [0.25, 0.3) is 0 Å². The first kappa shape index (κ1) is 17.8. The topological polar surface area (TPSA) is 93.3 Å². The van der Waals surface area contributed by atoms with E-state index in [1.807, 2.05) is 13.2 Å². The van der Waals surface area contributed by atoms with Gasteiger partial charge in [-0.25, -0.2) is 9.18 Å². The van der Waals surface area contributed by atoms with Crippen molar-refractivity contribution < 1.29 is 14.1 Å². The summed E-state index contributed by atoms with van der Waals surface area (Å²) < 4.78 is 15.7. The molecule has 26 heavy (non-hydrogen) atoms. The van der Waals surface area contributed by atoms with Gasteiger partial charge in [0.1, 0.15) is 0 Å². The number of nitrogens with one attached hydrogen (secondary N) is 1. The van der Waals surface area contributed by atoms with Gasteiger partial charge in [0.15, 0.2) is 5.82 Å². The van der Waals surface area contributed by atoms with Crippen LogP contribution in [0.15, 0.2) is 30.6 Å². The summed E-state index contributed by atoms with van der Waals surface area (Å²) in [6.45, 7) is 5.14. The summed E-state index contributed by atoms with van der Waals surface area (Å²) in [6, 6.07) is 2.72. The maximum absolute atomic E-state index is 14.0. The average molecular weight is 361 g/mol. The predicted molar refractivity (Wildman–Crippen MR) is 93.4 cm³/mol. The number of carbonyl (C=O) groups excluding carboxylic acids is 1. The smallest absolute Gasteiger partial charge is 0.321 e. The third kappa shape index (κ3) is 3.37. The van der Waals surface area contributed by atoms with Gasteiger partial charge >= 0.3 is 6.03 Å². The van der Waals surface area contributed by atoms with Gasteiger partial charge in [-0.1, -0.05) is 13.8 Å². The van der Waals surface area contributed by atoms with E-state index < -0.39 is 16.8 Å². The number of amides is 2. The van der Waals surface area contributed by atoms with Gasteiger partial charge in [-0.3, -0.25) is 14.8 Å². The van der Waals surface area contributed by atoms with Crippen molar-refractivity contribution in [3.05, 3.63) is 52.1 Å². The summed E-state index contributed by atoms with van der Waals surface area (Å²) >= 11 is 0. The molecule has 1 atom stereocenters. The quantitative estimate of drug-likeness (QED) is 0.671. The molecule has 0 bridgehead atoms. The van der Waals surface area contributed by atoms with Crippen LogP contribution in [0.3, 0.4) is 0 Å². The van der Waals surface area contributed by atoms with E-state index in [4.69, 9.17) is 0 Å². The molecular weight excluding hydrogens is 341 g/mol. The Morgan fingerprint density at radius 2 is 2.19 bits per heavy atom. The number of hydrogen-bond donors (Lipinski definition) is 1. The Morgan fingerprint density at radius 1 is 1.46 bits per heavy atom. The molecule has 0 spiro atoms. The molecule has 2 aromatic rings. The van der Waals surface area contributed by atoms with Gasteiger partial charge in [0.2, 0.25) is 0 Å². The first-order valence-corrected chi connectivity index (χ1v) is 8.16. The van der Waals surface area contributed by atoms with Gasteiger partial charge in [0.25, 0.3) is 5.69 Å². The molecule has 2 amide bonds. The van der Waals surface area contributed by atoms with Crippen LogP contribution in [0.4, 0.5) is 20.6 Å². The highest BCUT2D eigenvalue weighted by molar-refractivity contribution is 5.90. The number of likely N-dealkylation sites (tertiary alicyclic amines) is 1. The van der Waals surface area contributed by atoms with Crippen LogP contribution in [-0.2, 0) is 7.05 Å². The maximum atomic E-state index is 14.0. The van der Waals surface area contributed by atoms with E-state index in [1.54, 1.807) is 15.8 Å². The van der Waals surface area contributed by atoms with Crippen molar-refractivity contribution in [1.82, 2.24) is 14.7 Å². The third-order valence-electron chi connectivity index (χ3n) is 4.76. The number of non-ortho nitro benzene ring substituents is 1. The summed E-state index contributed by atoms with van der Waals surface area (Å²) in [5, 5.41) is 17.4. The molecule has 8 nitrogen and oxygen atoms in total. The Balaban J connectivity index is 1.74. The van der Waals surface area contributed by atoms with Crippen LogP contribution in [0.1, 0.15) is 25.3 Å². The molecule has 9 heteroatoms. The van der Waals surface area contributed by atoms with Crippen LogP contribution in [-0.4, -0.2) is 38.7 Å². The third-order valence-corrected chi connectivity index (χ3v) is 4.76. The minimum atomic E-state index is -0.838.